The first-order valence-corrected chi connectivity index (χ1v) is 6.34. The third-order valence-electron chi connectivity index (χ3n) is 3.24. The average Bonchev–Trinajstić information content (AvgIpc) is 3.17. The van der Waals surface area contributed by atoms with Crippen molar-refractivity contribution in [1.82, 2.24) is 4.90 Å². The lowest BCUT2D eigenvalue weighted by molar-refractivity contribution is -0.131. The van der Waals surface area contributed by atoms with E-state index in [4.69, 9.17) is 10.5 Å². The molecule has 1 aromatic rings. The van der Waals surface area contributed by atoms with Gasteiger partial charge in [-0.05, 0) is 24.5 Å². The number of para-hydroxylation sites is 1. The Kier molecular flexibility index (Phi) is 4.20. The van der Waals surface area contributed by atoms with Gasteiger partial charge >= 0.3 is 0 Å². The molecule has 1 aliphatic rings. The van der Waals surface area contributed by atoms with Crippen molar-refractivity contribution in [2.75, 3.05) is 26.0 Å². The molecule has 98 valence electrons. The first-order chi connectivity index (χ1) is 8.72. The van der Waals surface area contributed by atoms with Crippen LogP contribution in [-0.4, -0.2) is 37.1 Å². The number of rotatable bonds is 6. The third kappa shape index (κ3) is 3.23. The summed E-state index contributed by atoms with van der Waals surface area (Å²) in [6.07, 6.45) is 2.60. The Hall–Kier alpha value is -1.55. The third-order valence-corrected chi connectivity index (χ3v) is 3.24. The highest BCUT2D eigenvalue weighted by Crippen LogP contribution is 2.27. The molecule has 1 saturated carbocycles. The Morgan fingerprint density at radius 2 is 2.17 bits per heavy atom. The second kappa shape index (κ2) is 5.87. The van der Waals surface area contributed by atoms with Crippen molar-refractivity contribution >= 4 is 11.6 Å². The van der Waals surface area contributed by atoms with E-state index in [-0.39, 0.29) is 5.91 Å². The molecular weight excluding hydrogens is 228 g/mol. The molecule has 1 fully saturated rings. The minimum atomic E-state index is 0.146. The summed E-state index contributed by atoms with van der Waals surface area (Å²) in [5, 5.41) is 0. The van der Waals surface area contributed by atoms with Crippen LogP contribution in [-0.2, 0) is 16.0 Å². The maximum absolute atomic E-state index is 12.3. The fourth-order valence-electron chi connectivity index (χ4n) is 2.05. The van der Waals surface area contributed by atoms with E-state index in [1.807, 2.05) is 29.2 Å². The quantitative estimate of drug-likeness (QED) is 0.775. The van der Waals surface area contributed by atoms with Gasteiger partial charge in [0.1, 0.15) is 0 Å². The minimum absolute atomic E-state index is 0.146. The molecule has 0 atom stereocenters. The number of nitrogens with two attached hydrogens (primary N) is 1. The number of amides is 1. The topological polar surface area (TPSA) is 55.6 Å². The van der Waals surface area contributed by atoms with E-state index < -0.39 is 0 Å². The molecule has 0 aliphatic heterocycles. The van der Waals surface area contributed by atoms with Gasteiger partial charge in [-0.25, -0.2) is 0 Å². The van der Waals surface area contributed by atoms with Gasteiger partial charge in [0.2, 0.25) is 5.91 Å². The van der Waals surface area contributed by atoms with Crippen molar-refractivity contribution < 1.29 is 9.53 Å². The second-order valence-corrected chi connectivity index (χ2v) is 4.69. The van der Waals surface area contributed by atoms with Crippen LogP contribution in [0.15, 0.2) is 24.3 Å². The molecule has 0 saturated heterocycles. The van der Waals surface area contributed by atoms with Gasteiger partial charge in [-0.15, -0.1) is 0 Å². The number of ether oxygens (including phenoxy) is 1. The summed E-state index contributed by atoms with van der Waals surface area (Å²) in [5.41, 5.74) is 7.46. The van der Waals surface area contributed by atoms with Crippen LogP contribution in [0.25, 0.3) is 0 Å². The highest BCUT2D eigenvalue weighted by Gasteiger charge is 2.32. The number of nitrogen functional groups attached to an aromatic ring is 1. The molecule has 0 spiro atoms. The standard InChI is InChI=1S/C14H20N2O2/c1-18-9-8-16(12-6-7-12)14(17)10-11-4-2-3-5-13(11)15/h2-5,12H,6-10,15H2,1H3. The van der Waals surface area contributed by atoms with Gasteiger partial charge in [-0.2, -0.15) is 0 Å². The Labute approximate surface area is 108 Å². The molecule has 0 aromatic heterocycles. The largest absolute Gasteiger partial charge is 0.398 e. The van der Waals surface area contributed by atoms with Gasteiger partial charge in [-0.3, -0.25) is 4.79 Å². The number of nitrogens with zero attached hydrogens (tertiary/aromatic N) is 1. The fourth-order valence-corrected chi connectivity index (χ4v) is 2.05. The lowest BCUT2D eigenvalue weighted by Crippen LogP contribution is -2.37. The summed E-state index contributed by atoms with van der Waals surface area (Å²) in [4.78, 5) is 14.2. The van der Waals surface area contributed by atoms with Crippen LogP contribution >= 0.6 is 0 Å². The number of carbonyl (C=O) groups excluding carboxylic acids is 1. The number of carbonyl (C=O) groups is 1. The van der Waals surface area contributed by atoms with Gasteiger partial charge in [0.25, 0.3) is 0 Å². The number of hydrogen-bond donors (Lipinski definition) is 1. The van der Waals surface area contributed by atoms with Crippen LogP contribution in [0.3, 0.4) is 0 Å². The number of hydrogen-bond acceptors (Lipinski definition) is 3. The van der Waals surface area contributed by atoms with E-state index in [1.54, 1.807) is 7.11 Å². The molecule has 0 unspecified atom stereocenters. The molecule has 4 nitrogen and oxygen atoms in total. The summed E-state index contributed by atoms with van der Waals surface area (Å²) < 4.78 is 5.06. The van der Waals surface area contributed by atoms with Crippen molar-refractivity contribution in [2.24, 2.45) is 0 Å². The van der Waals surface area contributed by atoms with E-state index in [0.717, 1.165) is 18.4 Å². The van der Waals surface area contributed by atoms with Crippen molar-refractivity contribution in [3.63, 3.8) is 0 Å². The molecule has 4 heteroatoms. The normalized spacial score (nSPS) is 14.5. The summed E-state index contributed by atoms with van der Waals surface area (Å²) in [7, 11) is 1.66. The first kappa shape index (κ1) is 12.9. The van der Waals surface area contributed by atoms with Crippen LogP contribution < -0.4 is 5.73 Å². The Bertz CT molecular complexity index is 416. The predicted molar refractivity (Wildman–Crippen MR) is 71.2 cm³/mol. The average molecular weight is 248 g/mol. The summed E-state index contributed by atoms with van der Waals surface area (Å²) in [6, 6.07) is 7.95. The smallest absolute Gasteiger partial charge is 0.227 e. The molecule has 0 radical (unpaired) electrons. The van der Waals surface area contributed by atoms with Gasteiger partial charge in [0.15, 0.2) is 0 Å². The van der Waals surface area contributed by atoms with Crippen molar-refractivity contribution in [3.8, 4) is 0 Å². The highest BCUT2D eigenvalue weighted by atomic mass is 16.5. The molecule has 2 N–H and O–H groups in total. The van der Waals surface area contributed by atoms with E-state index >= 15 is 0 Å². The molecule has 18 heavy (non-hydrogen) atoms. The fraction of sp³-hybridized carbons (Fsp3) is 0.500. The molecule has 2 rings (SSSR count). The number of anilines is 1. The lowest BCUT2D eigenvalue weighted by atomic mass is 10.1. The van der Waals surface area contributed by atoms with Gasteiger partial charge < -0.3 is 15.4 Å². The van der Waals surface area contributed by atoms with Crippen molar-refractivity contribution in [3.05, 3.63) is 29.8 Å². The number of methoxy groups -OCH3 is 1. The Morgan fingerprint density at radius 3 is 2.78 bits per heavy atom. The summed E-state index contributed by atoms with van der Waals surface area (Å²) in [5.74, 6) is 0.146. The zero-order valence-electron chi connectivity index (χ0n) is 10.8. The molecule has 0 bridgehead atoms. The molecule has 1 aliphatic carbocycles. The SMILES string of the molecule is COCCN(C(=O)Cc1ccccc1N)C1CC1. The second-order valence-electron chi connectivity index (χ2n) is 4.69. The maximum Gasteiger partial charge on any atom is 0.227 e. The molecule has 1 amide bonds. The molecule has 0 heterocycles. The Morgan fingerprint density at radius 1 is 1.44 bits per heavy atom. The maximum atomic E-state index is 12.3. The zero-order chi connectivity index (χ0) is 13.0. The summed E-state index contributed by atoms with van der Waals surface area (Å²) in [6.45, 7) is 1.26. The van der Waals surface area contributed by atoms with Crippen molar-refractivity contribution in [2.45, 2.75) is 25.3 Å². The van der Waals surface area contributed by atoms with Crippen LogP contribution in [0.5, 0.6) is 0 Å². The van der Waals surface area contributed by atoms with Crippen molar-refractivity contribution in [1.29, 1.82) is 0 Å². The first-order valence-electron chi connectivity index (χ1n) is 6.34. The lowest BCUT2D eigenvalue weighted by Gasteiger charge is -2.22. The number of benzene rings is 1. The van der Waals surface area contributed by atoms with Gasteiger partial charge in [0.05, 0.1) is 13.0 Å². The zero-order valence-corrected chi connectivity index (χ0v) is 10.8. The van der Waals surface area contributed by atoms with Gasteiger partial charge in [-0.1, -0.05) is 18.2 Å². The van der Waals surface area contributed by atoms with Crippen LogP contribution in [0.1, 0.15) is 18.4 Å². The van der Waals surface area contributed by atoms with Crippen LogP contribution in [0.2, 0.25) is 0 Å². The highest BCUT2D eigenvalue weighted by molar-refractivity contribution is 5.81. The van der Waals surface area contributed by atoms with E-state index in [1.165, 1.54) is 0 Å². The minimum Gasteiger partial charge on any atom is -0.398 e. The van der Waals surface area contributed by atoms with Gasteiger partial charge in [0, 0.05) is 25.4 Å². The monoisotopic (exact) mass is 248 g/mol. The van der Waals surface area contributed by atoms with Crippen LogP contribution in [0, 0.1) is 0 Å². The van der Waals surface area contributed by atoms with Crippen LogP contribution in [0.4, 0.5) is 5.69 Å². The summed E-state index contributed by atoms with van der Waals surface area (Å²) >= 11 is 0. The van der Waals surface area contributed by atoms with E-state index in [9.17, 15) is 4.79 Å². The molecular formula is C14H20N2O2. The van der Waals surface area contributed by atoms with E-state index in [0.29, 0.717) is 31.3 Å². The predicted octanol–water partition coefficient (Wildman–Crippen LogP) is 1.45. The van der Waals surface area contributed by atoms with E-state index in [2.05, 4.69) is 0 Å². The Balaban J connectivity index is 1.98. The molecule has 1 aromatic carbocycles.